The van der Waals surface area contributed by atoms with Crippen molar-refractivity contribution < 1.29 is 9.53 Å². The molecule has 0 radical (unpaired) electrons. The van der Waals surface area contributed by atoms with Crippen molar-refractivity contribution in [1.29, 1.82) is 0 Å². The van der Waals surface area contributed by atoms with Crippen molar-refractivity contribution in [2.75, 3.05) is 19.7 Å². The molecule has 0 saturated heterocycles. The molecule has 1 aromatic carbocycles. The van der Waals surface area contributed by atoms with E-state index in [1.165, 1.54) is 0 Å². The van der Waals surface area contributed by atoms with Crippen LogP contribution in [0.5, 0.6) is 5.75 Å². The Morgan fingerprint density at radius 3 is 2.78 bits per heavy atom. The van der Waals surface area contributed by atoms with Gasteiger partial charge in [-0.2, -0.15) is 0 Å². The van der Waals surface area contributed by atoms with Crippen molar-refractivity contribution in [2.24, 2.45) is 5.73 Å². The number of hydrogen-bond donors (Lipinski definition) is 2. The molecule has 3 N–H and O–H groups in total. The lowest BCUT2D eigenvalue weighted by molar-refractivity contribution is -0.123. The minimum Gasteiger partial charge on any atom is -0.483 e. The predicted molar refractivity (Wildman–Crippen MR) is 75.3 cm³/mol. The molecule has 0 unspecified atom stereocenters. The number of hydrogen-bond acceptors (Lipinski definition) is 3. The highest BCUT2D eigenvalue weighted by atomic mass is 35.5. The lowest BCUT2D eigenvalue weighted by atomic mass is 10.1. The van der Waals surface area contributed by atoms with Crippen LogP contribution in [0.15, 0.2) is 18.2 Å². The molecule has 0 aliphatic rings. The summed E-state index contributed by atoms with van der Waals surface area (Å²) in [5.74, 6) is 0.651. The van der Waals surface area contributed by atoms with E-state index in [-0.39, 0.29) is 24.9 Å². The van der Waals surface area contributed by atoms with Crippen LogP contribution in [-0.4, -0.2) is 25.6 Å². The normalized spacial score (nSPS) is 9.50. The molecule has 102 valence electrons. The van der Waals surface area contributed by atoms with Crippen LogP contribution in [0, 0.1) is 13.8 Å². The summed E-state index contributed by atoms with van der Waals surface area (Å²) in [6.07, 6.45) is 0.787. The number of nitrogens with one attached hydrogen (secondary N) is 1. The third-order valence-electron chi connectivity index (χ3n) is 2.41. The van der Waals surface area contributed by atoms with Gasteiger partial charge in [-0.05, 0) is 44.0 Å². The molecule has 18 heavy (non-hydrogen) atoms. The number of aryl methyl sites for hydroxylation is 2. The molecule has 0 atom stereocenters. The number of rotatable bonds is 6. The molecular weight excluding hydrogens is 252 g/mol. The quantitative estimate of drug-likeness (QED) is 0.773. The minimum atomic E-state index is -0.112. The van der Waals surface area contributed by atoms with E-state index in [0.29, 0.717) is 13.1 Å². The van der Waals surface area contributed by atoms with Gasteiger partial charge in [0.05, 0.1) is 0 Å². The monoisotopic (exact) mass is 272 g/mol. The van der Waals surface area contributed by atoms with Gasteiger partial charge in [-0.25, -0.2) is 0 Å². The van der Waals surface area contributed by atoms with E-state index < -0.39 is 0 Å². The van der Waals surface area contributed by atoms with E-state index in [0.717, 1.165) is 23.3 Å². The van der Waals surface area contributed by atoms with Crippen LogP contribution in [0.2, 0.25) is 0 Å². The summed E-state index contributed by atoms with van der Waals surface area (Å²) in [5, 5.41) is 2.74. The van der Waals surface area contributed by atoms with Crippen molar-refractivity contribution in [1.82, 2.24) is 5.32 Å². The maximum absolute atomic E-state index is 11.4. The fourth-order valence-corrected chi connectivity index (χ4v) is 1.39. The van der Waals surface area contributed by atoms with Gasteiger partial charge in [-0.15, -0.1) is 12.4 Å². The van der Waals surface area contributed by atoms with Crippen LogP contribution >= 0.6 is 12.4 Å². The van der Waals surface area contributed by atoms with Crippen LogP contribution in [0.1, 0.15) is 17.5 Å². The van der Waals surface area contributed by atoms with Crippen LogP contribution in [-0.2, 0) is 4.79 Å². The number of ether oxygens (including phenoxy) is 1. The molecule has 0 spiro atoms. The lowest BCUT2D eigenvalue weighted by Gasteiger charge is -2.10. The van der Waals surface area contributed by atoms with Crippen molar-refractivity contribution in [3.8, 4) is 5.75 Å². The van der Waals surface area contributed by atoms with Gasteiger partial charge in [0.25, 0.3) is 5.91 Å². The third-order valence-corrected chi connectivity index (χ3v) is 2.41. The van der Waals surface area contributed by atoms with E-state index in [9.17, 15) is 4.79 Å². The van der Waals surface area contributed by atoms with Crippen LogP contribution < -0.4 is 15.8 Å². The highest BCUT2D eigenvalue weighted by Crippen LogP contribution is 2.18. The molecule has 0 aliphatic carbocycles. The highest BCUT2D eigenvalue weighted by molar-refractivity contribution is 5.85. The second-order valence-corrected chi connectivity index (χ2v) is 4.05. The molecule has 1 rings (SSSR count). The van der Waals surface area contributed by atoms with Crippen LogP contribution in [0.3, 0.4) is 0 Å². The van der Waals surface area contributed by atoms with Gasteiger partial charge in [0, 0.05) is 6.54 Å². The SMILES string of the molecule is Cc1ccc(C)c(OCC(=O)NCCCN)c1.Cl. The van der Waals surface area contributed by atoms with Gasteiger partial charge in [0.2, 0.25) is 0 Å². The Kier molecular flexibility index (Phi) is 8.16. The van der Waals surface area contributed by atoms with Crippen molar-refractivity contribution in [3.05, 3.63) is 29.3 Å². The molecule has 0 aliphatic heterocycles. The second-order valence-electron chi connectivity index (χ2n) is 4.05. The Labute approximate surface area is 114 Å². The first-order chi connectivity index (χ1) is 8.13. The molecule has 0 heterocycles. The number of carbonyl (C=O) groups excluding carboxylic acids is 1. The first kappa shape index (κ1) is 16.7. The van der Waals surface area contributed by atoms with E-state index >= 15 is 0 Å². The number of benzene rings is 1. The van der Waals surface area contributed by atoms with E-state index in [4.69, 9.17) is 10.5 Å². The molecule has 1 amide bonds. The fourth-order valence-electron chi connectivity index (χ4n) is 1.39. The van der Waals surface area contributed by atoms with E-state index in [2.05, 4.69) is 5.32 Å². The average Bonchev–Trinajstić information content (AvgIpc) is 2.31. The molecule has 0 bridgehead atoms. The summed E-state index contributed by atoms with van der Waals surface area (Å²) < 4.78 is 5.47. The average molecular weight is 273 g/mol. The van der Waals surface area contributed by atoms with Crippen molar-refractivity contribution in [3.63, 3.8) is 0 Å². The standard InChI is InChI=1S/C13H20N2O2.ClH/c1-10-4-5-11(2)12(8-10)17-9-13(16)15-7-3-6-14;/h4-5,8H,3,6-7,9,14H2,1-2H3,(H,15,16);1H. The summed E-state index contributed by atoms with van der Waals surface area (Å²) >= 11 is 0. The number of carbonyl (C=O) groups is 1. The van der Waals surface area contributed by atoms with Crippen molar-refractivity contribution >= 4 is 18.3 Å². The molecule has 1 aromatic rings. The maximum atomic E-state index is 11.4. The van der Waals surface area contributed by atoms with Crippen LogP contribution in [0.25, 0.3) is 0 Å². The first-order valence-electron chi connectivity index (χ1n) is 5.80. The molecular formula is C13H21ClN2O2. The molecule has 0 saturated carbocycles. The molecule has 0 fully saturated rings. The Bertz CT molecular complexity index is 383. The van der Waals surface area contributed by atoms with Gasteiger partial charge >= 0.3 is 0 Å². The van der Waals surface area contributed by atoms with Gasteiger partial charge in [0.15, 0.2) is 6.61 Å². The Morgan fingerprint density at radius 2 is 2.11 bits per heavy atom. The predicted octanol–water partition coefficient (Wildman–Crippen LogP) is 1.57. The van der Waals surface area contributed by atoms with Gasteiger partial charge < -0.3 is 15.8 Å². The molecule has 5 heteroatoms. The summed E-state index contributed by atoms with van der Waals surface area (Å²) in [6, 6.07) is 5.93. The summed E-state index contributed by atoms with van der Waals surface area (Å²) in [5.41, 5.74) is 7.49. The third kappa shape index (κ3) is 5.89. The topological polar surface area (TPSA) is 64.3 Å². The van der Waals surface area contributed by atoms with E-state index in [1.807, 2.05) is 32.0 Å². The molecule has 4 nitrogen and oxygen atoms in total. The zero-order valence-corrected chi connectivity index (χ0v) is 11.7. The Balaban J connectivity index is 0.00000289. The maximum Gasteiger partial charge on any atom is 0.257 e. The number of nitrogens with two attached hydrogens (primary N) is 1. The van der Waals surface area contributed by atoms with Gasteiger partial charge in [-0.3, -0.25) is 4.79 Å². The minimum absolute atomic E-state index is 0. The van der Waals surface area contributed by atoms with Crippen molar-refractivity contribution in [2.45, 2.75) is 20.3 Å². The first-order valence-corrected chi connectivity index (χ1v) is 5.80. The summed E-state index contributed by atoms with van der Waals surface area (Å²) in [7, 11) is 0. The molecule has 0 aromatic heterocycles. The largest absolute Gasteiger partial charge is 0.483 e. The number of amides is 1. The fraction of sp³-hybridized carbons (Fsp3) is 0.462. The van der Waals surface area contributed by atoms with Gasteiger partial charge in [0.1, 0.15) is 5.75 Å². The van der Waals surface area contributed by atoms with Gasteiger partial charge in [-0.1, -0.05) is 12.1 Å². The van der Waals surface area contributed by atoms with E-state index in [1.54, 1.807) is 0 Å². The zero-order valence-electron chi connectivity index (χ0n) is 10.9. The smallest absolute Gasteiger partial charge is 0.257 e. The number of halogens is 1. The summed E-state index contributed by atoms with van der Waals surface area (Å²) in [6.45, 7) is 5.19. The highest BCUT2D eigenvalue weighted by Gasteiger charge is 2.04. The Morgan fingerprint density at radius 1 is 1.39 bits per heavy atom. The van der Waals surface area contributed by atoms with Crippen LogP contribution in [0.4, 0.5) is 0 Å². The summed E-state index contributed by atoms with van der Waals surface area (Å²) in [4.78, 5) is 11.4. The zero-order chi connectivity index (χ0) is 12.7. The lowest BCUT2D eigenvalue weighted by Crippen LogP contribution is -2.30. The Hall–Kier alpha value is -1.26. The second kappa shape index (κ2) is 8.78.